The average molecular weight is 346 g/mol. The van der Waals surface area contributed by atoms with Gasteiger partial charge in [0.15, 0.2) is 0 Å². The number of fused-ring (bicyclic) bond motifs is 1. The van der Waals surface area contributed by atoms with Crippen molar-refractivity contribution >= 4 is 22.7 Å². The molecule has 2 N–H and O–H groups in total. The van der Waals surface area contributed by atoms with E-state index >= 15 is 0 Å². The second-order valence-electron chi connectivity index (χ2n) is 5.93. The molecular weight excluding hydrogens is 324 g/mol. The molecule has 25 heavy (non-hydrogen) atoms. The fourth-order valence-electron chi connectivity index (χ4n) is 2.61. The molecule has 6 nitrogen and oxygen atoms in total. The predicted octanol–water partition coefficient (Wildman–Crippen LogP) is 4.20. The molecule has 0 saturated carbocycles. The van der Waals surface area contributed by atoms with Gasteiger partial charge in [-0.1, -0.05) is 37.6 Å². The van der Waals surface area contributed by atoms with Crippen molar-refractivity contribution in [3.63, 3.8) is 0 Å². The third-order valence-corrected chi connectivity index (χ3v) is 3.65. The van der Waals surface area contributed by atoms with Crippen LogP contribution < -0.4 is 9.47 Å². The standard InChI is InChI=1S/C19H22O6/c1-4-5-10-24-16-12-8-6-7-9-13(12)17(25-11(2)3)15(19(22)23)14(16)18(20)21/h6-9,11H,4-5,10H2,1-3H3,(H,20,21)(H,22,23). The zero-order valence-corrected chi connectivity index (χ0v) is 14.5. The monoisotopic (exact) mass is 346 g/mol. The third-order valence-electron chi connectivity index (χ3n) is 3.65. The van der Waals surface area contributed by atoms with Gasteiger partial charge in [0.05, 0.1) is 12.7 Å². The normalized spacial score (nSPS) is 10.9. The Morgan fingerprint density at radius 1 is 1.00 bits per heavy atom. The van der Waals surface area contributed by atoms with Crippen molar-refractivity contribution in [3.8, 4) is 11.5 Å². The minimum atomic E-state index is -1.36. The van der Waals surface area contributed by atoms with Gasteiger partial charge in [-0.15, -0.1) is 0 Å². The molecule has 6 heteroatoms. The highest BCUT2D eigenvalue weighted by atomic mass is 16.5. The summed E-state index contributed by atoms with van der Waals surface area (Å²) in [4.78, 5) is 23.7. The quantitative estimate of drug-likeness (QED) is 0.696. The Hall–Kier alpha value is -2.76. The molecule has 0 aliphatic heterocycles. The first-order valence-corrected chi connectivity index (χ1v) is 8.23. The van der Waals surface area contributed by atoms with Crippen molar-refractivity contribution in [1.29, 1.82) is 0 Å². The number of ether oxygens (including phenoxy) is 2. The van der Waals surface area contributed by atoms with Gasteiger partial charge in [0.1, 0.15) is 22.6 Å². The smallest absolute Gasteiger partial charge is 0.340 e. The van der Waals surface area contributed by atoms with E-state index in [0.717, 1.165) is 12.8 Å². The SMILES string of the molecule is CCCCOc1c(C(=O)O)c(C(=O)O)c(OC(C)C)c2ccccc12. The van der Waals surface area contributed by atoms with E-state index in [9.17, 15) is 19.8 Å². The average Bonchev–Trinajstić information content (AvgIpc) is 2.55. The molecule has 2 rings (SSSR count). The van der Waals surface area contributed by atoms with Crippen LogP contribution in [0.2, 0.25) is 0 Å². The molecule has 0 amide bonds. The first-order chi connectivity index (χ1) is 11.9. The Bertz CT molecular complexity index is 794. The van der Waals surface area contributed by atoms with Gasteiger partial charge in [-0.05, 0) is 20.3 Å². The van der Waals surface area contributed by atoms with Gasteiger partial charge in [-0.3, -0.25) is 0 Å². The largest absolute Gasteiger partial charge is 0.492 e. The van der Waals surface area contributed by atoms with Gasteiger partial charge in [0, 0.05) is 10.8 Å². The molecule has 0 fully saturated rings. The second-order valence-corrected chi connectivity index (χ2v) is 5.93. The molecule has 0 spiro atoms. The van der Waals surface area contributed by atoms with Crippen LogP contribution in [0.3, 0.4) is 0 Å². The lowest BCUT2D eigenvalue weighted by atomic mass is 9.97. The maximum Gasteiger partial charge on any atom is 0.340 e. The van der Waals surface area contributed by atoms with E-state index in [0.29, 0.717) is 17.4 Å². The Balaban J connectivity index is 2.87. The van der Waals surface area contributed by atoms with E-state index in [-0.39, 0.29) is 28.7 Å². The van der Waals surface area contributed by atoms with E-state index in [2.05, 4.69) is 0 Å². The summed E-state index contributed by atoms with van der Waals surface area (Å²) in [6.45, 7) is 5.81. The first kappa shape index (κ1) is 18.6. The number of carboxylic acid groups (broad SMARTS) is 2. The Labute approximate surface area is 146 Å². The zero-order valence-electron chi connectivity index (χ0n) is 14.5. The van der Waals surface area contributed by atoms with Crippen molar-refractivity contribution in [1.82, 2.24) is 0 Å². The van der Waals surface area contributed by atoms with Crippen LogP contribution in [0.4, 0.5) is 0 Å². The van der Waals surface area contributed by atoms with Gasteiger partial charge in [0.2, 0.25) is 0 Å². The lowest BCUT2D eigenvalue weighted by Crippen LogP contribution is -2.17. The van der Waals surface area contributed by atoms with Crippen molar-refractivity contribution < 1.29 is 29.3 Å². The van der Waals surface area contributed by atoms with Crippen LogP contribution >= 0.6 is 0 Å². The van der Waals surface area contributed by atoms with Crippen LogP contribution in [0.5, 0.6) is 11.5 Å². The van der Waals surface area contributed by atoms with Crippen molar-refractivity contribution in [2.45, 2.75) is 39.7 Å². The van der Waals surface area contributed by atoms with E-state index in [1.807, 2.05) is 6.92 Å². The number of benzene rings is 2. The summed E-state index contributed by atoms with van der Waals surface area (Å²) in [5.74, 6) is -2.59. The maximum absolute atomic E-state index is 11.9. The number of carboxylic acids is 2. The van der Waals surface area contributed by atoms with Gasteiger partial charge < -0.3 is 19.7 Å². The van der Waals surface area contributed by atoms with Crippen molar-refractivity contribution in [2.75, 3.05) is 6.61 Å². The van der Waals surface area contributed by atoms with Crippen LogP contribution in [-0.2, 0) is 0 Å². The summed E-state index contributed by atoms with van der Waals surface area (Å²) in [6.07, 6.45) is 1.30. The number of unbranched alkanes of at least 4 members (excludes halogenated alkanes) is 1. The minimum Gasteiger partial charge on any atom is -0.492 e. The summed E-state index contributed by atoms with van der Waals surface area (Å²) in [7, 11) is 0. The number of aromatic carboxylic acids is 2. The molecule has 0 heterocycles. The van der Waals surface area contributed by atoms with Crippen LogP contribution in [0.1, 0.15) is 54.3 Å². The van der Waals surface area contributed by atoms with Crippen LogP contribution in [0.15, 0.2) is 24.3 Å². The highest BCUT2D eigenvalue weighted by molar-refractivity contribution is 6.13. The summed E-state index contributed by atoms with van der Waals surface area (Å²) in [5.41, 5.74) is -0.760. The molecule has 2 aromatic carbocycles. The topological polar surface area (TPSA) is 93.1 Å². The Kier molecular flexibility index (Phi) is 5.85. The van der Waals surface area contributed by atoms with E-state index in [4.69, 9.17) is 9.47 Å². The van der Waals surface area contributed by atoms with E-state index in [1.54, 1.807) is 38.1 Å². The lowest BCUT2D eigenvalue weighted by molar-refractivity contribution is 0.0642. The molecule has 0 atom stereocenters. The Morgan fingerprint density at radius 3 is 2.00 bits per heavy atom. The molecule has 0 saturated heterocycles. The van der Waals surface area contributed by atoms with Gasteiger partial charge >= 0.3 is 11.9 Å². The summed E-state index contributed by atoms with van der Waals surface area (Å²) in [5, 5.41) is 20.4. The molecule has 0 aliphatic carbocycles. The predicted molar refractivity (Wildman–Crippen MR) is 94.0 cm³/mol. The highest BCUT2D eigenvalue weighted by Crippen LogP contribution is 2.41. The maximum atomic E-state index is 11.9. The summed E-state index contributed by atoms with van der Waals surface area (Å²) in [6, 6.07) is 6.91. The minimum absolute atomic E-state index is 0.0540. The lowest BCUT2D eigenvalue weighted by Gasteiger charge is -2.20. The second kappa shape index (κ2) is 7.88. The zero-order chi connectivity index (χ0) is 18.6. The Morgan fingerprint density at radius 2 is 1.52 bits per heavy atom. The third kappa shape index (κ3) is 3.84. The fourth-order valence-corrected chi connectivity index (χ4v) is 2.61. The molecule has 134 valence electrons. The van der Waals surface area contributed by atoms with Crippen LogP contribution in [-0.4, -0.2) is 34.9 Å². The molecular formula is C19H22O6. The van der Waals surface area contributed by atoms with Gasteiger partial charge in [-0.25, -0.2) is 9.59 Å². The first-order valence-electron chi connectivity index (χ1n) is 8.23. The molecule has 0 radical (unpaired) electrons. The van der Waals surface area contributed by atoms with Crippen LogP contribution in [0, 0.1) is 0 Å². The molecule has 0 bridgehead atoms. The number of carbonyl (C=O) groups is 2. The van der Waals surface area contributed by atoms with E-state index < -0.39 is 11.9 Å². The van der Waals surface area contributed by atoms with Crippen molar-refractivity contribution in [2.24, 2.45) is 0 Å². The highest BCUT2D eigenvalue weighted by Gasteiger charge is 2.30. The summed E-state index contributed by atoms with van der Waals surface area (Å²) < 4.78 is 11.4. The number of hydrogen-bond acceptors (Lipinski definition) is 4. The number of rotatable bonds is 8. The fraction of sp³-hybridized carbons (Fsp3) is 0.368. The number of hydrogen-bond donors (Lipinski definition) is 2. The molecule has 0 aromatic heterocycles. The molecule has 0 aliphatic rings. The van der Waals surface area contributed by atoms with E-state index in [1.165, 1.54) is 0 Å². The molecule has 0 unspecified atom stereocenters. The molecule has 2 aromatic rings. The van der Waals surface area contributed by atoms with Gasteiger partial charge in [-0.2, -0.15) is 0 Å². The van der Waals surface area contributed by atoms with Crippen LogP contribution in [0.25, 0.3) is 10.8 Å². The summed E-state index contributed by atoms with van der Waals surface area (Å²) >= 11 is 0. The van der Waals surface area contributed by atoms with Gasteiger partial charge in [0.25, 0.3) is 0 Å². The van der Waals surface area contributed by atoms with Crippen molar-refractivity contribution in [3.05, 3.63) is 35.4 Å².